The molecule has 0 heterocycles. The molecular formula is C66H120O6. The molecular weight excluding hydrogens is 889 g/mol. The molecule has 6 heteroatoms. The summed E-state index contributed by atoms with van der Waals surface area (Å²) in [5, 5.41) is 0. The summed E-state index contributed by atoms with van der Waals surface area (Å²) in [7, 11) is 0. The van der Waals surface area contributed by atoms with Gasteiger partial charge in [0.15, 0.2) is 6.10 Å². The predicted octanol–water partition coefficient (Wildman–Crippen LogP) is 21.4. The Labute approximate surface area is 448 Å². The molecule has 0 saturated heterocycles. The Hall–Kier alpha value is -2.63. The van der Waals surface area contributed by atoms with Crippen molar-refractivity contribution in [3.8, 4) is 0 Å². The number of rotatable bonds is 58. The molecule has 0 aliphatic heterocycles. The highest BCUT2D eigenvalue weighted by molar-refractivity contribution is 5.71. The van der Waals surface area contributed by atoms with Crippen LogP contribution in [-0.4, -0.2) is 37.2 Å². The number of esters is 3. The van der Waals surface area contributed by atoms with Crippen LogP contribution in [0.5, 0.6) is 0 Å². The summed E-state index contributed by atoms with van der Waals surface area (Å²) in [6.07, 6.45) is 75.3. The molecule has 0 N–H and O–H groups in total. The normalized spacial score (nSPS) is 12.3. The maximum absolute atomic E-state index is 12.9. The Kier molecular flexibility index (Phi) is 58.7. The Morgan fingerprint density at radius 1 is 0.278 bits per heavy atom. The van der Waals surface area contributed by atoms with Crippen molar-refractivity contribution in [2.75, 3.05) is 13.2 Å². The van der Waals surface area contributed by atoms with E-state index in [1.807, 2.05) is 0 Å². The molecule has 72 heavy (non-hydrogen) atoms. The van der Waals surface area contributed by atoms with Crippen LogP contribution in [0.25, 0.3) is 0 Å². The minimum Gasteiger partial charge on any atom is -0.462 e. The smallest absolute Gasteiger partial charge is 0.306 e. The van der Waals surface area contributed by atoms with Crippen LogP contribution in [0.4, 0.5) is 0 Å². The van der Waals surface area contributed by atoms with Crippen LogP contribution < -0.4 is 0 Å². The first kappa shape index (κ1) is 69.4. The maximum Gasteiger partial charge on any atom is 0.306 e. The fourth-order valence-electron chi connectivity index (χ4n) is 9.27. The summed E-state index contributed by atoms with van der Waals surface area (Å²) in [6, 6.07) is 0. The number of hydrogen-bond donors (Lipinski definition) is 0. The zero-order valence-electron chi connectivity index (χ0n) is 48.2. The third kappa shape index (κ3) is 58.3. The zero-order chi connectivity index (χ0) is 52.2. The molecule has 1 atom stereocenters. The van der Waals surface area contributed by atoms with E-state index in [1.165, 1.54) is 225 Å². The third-order valence-electron chi connectivity index (χ3n) is 14.1. The predicted molar refractivity (Wildman–Crippen MR) is 312 cm³/mol. The molecule has 0 fully saturated rings. The second kappa shape index (κ2) is 60.9. The van der Waals surface area contributed by atoms with Crippen molar-refractivity contribution < 1.29 is 28.6 Å². The minimum absolute atomic E-state index is 0.0723. The van der Waals surface area contributed by atoms with Gasteiger partial charge in [0, 0.05) is 19.3 Å². The average molecular weight is 1010 g/mol. The molecule has 0 unspecified atom stereocenters. The van der Waals surface area contributed by atoms with Crippen molar-refractivity contribution in [2.45, 2.75) is 341 Å². The Bertz CT molecular complexity index is 1250. The number of unbranched alkanes of at least 4 members (excludes halogenated alkanes) is 39. The van der Waals surface area contributed by atoms with Crippen LogP contribution >= 0.6 is 0 Å². The van der Waals surface area contributed by atoms with Crippen LogP contribution in [0.3, 0.4) is 0 Å². The molecule has 0 amide bonds. The molecule has 0 radical (unpaired) electrons. The highest BCUT2D eigenvalue weighted by Crippen LogP contribution is 2.17. The van der Waals surface area contributed by atoms with Crippen molar-refractivity contribution >= 4 is 17.9 Å². The first-order chi connectivity index (χ1) is 35.5. The molecule has 0 rings (SSSR count). The van der Waals surface area contributed by atoms with Crippen LogP contribution in [0, 0.1) is 0 Å². The summed E-state index contributed by atoms with van der Waals surface area (Å²) >= 11 is 0. The van der Waals surface area contributed by atoms with E-state index in [0.717, 1.165) is 70.6 Å². The number of hydrogen-bond acceptors (Lipinski definition) is 6. The Morgan fingerprint density at radius 3 is 0.792 bits per heavy atom. The van der Waals surface area contributed by atoms with Gasteiger partial charge in [-0.15, -0.1) is 0 Å². The minimum atomic E-state index is -0.776. The van der Waals surface area contributed by atoms with Crippen molar-refractivity contribution in [3.05, 3.63) is 48.6 Å². The number of carbonyl (C=O) groups excluding carboxylic acids is 3. The largest absolute Gasteiger partial charge is 0.462 e. The van der Waals surface area contributed by atoms with E-state index in [1.54, 1.807) is 0 Å². The van der Waals surface area contributed by atoms with E-state index in [0.29, 0.717) is 19.3 Å². The average Bonchev–Trinajstić information content (AvgIpc) is 3.38. The standard InChI is InChI=1S/C66H120O6/c1-4-7-10-13-16-19-22-25-28-31-33-35-38-41-44-47-50-53-56-59-65(68)71-62-63(61-70-64(67)58-55-52-49-46-43-40-37-30-27-24-21-18-15-12-9-6-3)72-66(69)60-57-54-51-48-45-42-39-36-34-32-29-26-23-20-17-14-11-8-5-2/h16-17,19-20,25-26,28-29,63H,4-15,18,21-24,27,30-62H2,1-3H3/b19-16+,20-17+,28-25+,29-26+/t63-/m1/s1. The van der Waals surface area contributed by atoms with Crippen LogP contribution in [0.1, 0.15) is 335 Å². The van der Waals surface area contributed by atoms with Gasteiger partial charge in [0.25, 0.3) is 0 Å². The Morgan fingerprint density at radius 2 is 0.500 bits per heavy atom. The van der Waals surface area contributed by atoms with Gasteiger partial charge in [-0.1, -0.05) is 281 Å². The third-order valence-corrected chi connectivity index (χ3v) is 14.1. The van der Waals surface area contributed by atoms with Crippen LogP contribution in [-0.2, 0) is 28.6 Å². The number of allylic oxidation sites excluding steroid dienone is 8. The van der Waals surface area contributed by atoms with Gasteiger partial charge in [-0.25, -0.2) is 0 Å². The van der Waals surface area contributed by atoms with Crippen molar-refractivity contribution in [1.82, 2.24) is 0 Å². The molecule has 0 saturated carbocycles. The van der Waals surface area contributed by atoms with Crippen molar-refractivity contribution in [1.29, 1.82) is 0 Å². The van der Waals surface area contributed by atoms with E-state index in [-0.39, 0.29) is 31.1 Å². The quantitative estimate of drug-likeness (QED) is 0.0261. The summed E-state index contributed by atoms with van der Waals surface area (Å²) in [4.78, 5) is 38.3. The fourth-order valence-corrected chi connectivity index (χ4v) is 9.27. The lowest BCUT2D eigenvalue weighted by Gasteiger charge is -2.18. The fraction of sp³-hybridized carbons (Fsp3) is 0.833. The van der Waals surface area contributed by atoms with Gasteiger partial charge in [-0.3, -0.25) is 14.4 Å². The molecule has 0 bridgehead atoms. The van der Waals surface area contributed by atoms with E-state index in [9.17, 15) is 14.4 Å². The highest BCUT2D eigenvalue weighted by atomic mass is 16.6. The molecule has 0 aromatic heterocycles. The Balaban J connectivity index is 4.35. The lowest BCUT2D eigenvalue weighted by molar-refractivity contribution is -0.167. The number of ether oxygens (including phenoxy) is 3. The summed E-state index contributed by atoms with van der Waals surface area (Å²) in [5.41, 5.74) is 0. The number of carbonyl (C=O) groups is 3. The summed E-state index contributed by atoms with van der Waals surface area (Å²) < 4.78 is 16.9. The molecule has 420 valence electrons. The molecule has 0 aromatic rings. The van der Waals surface area contributed by atoms with Gasteiger partial charge in [-0.2, -0.15) is 0 Å². The maximum atomic E-state index is 12.9. The lowest BCUT2D eigenvalue weighted by atomic mass is 10.0. The first-order valence-electron chi connectivity index (χ1n) is 31.6. The molecule has 0 aromatic carbocycles. The van der Waals surface area contributed by atoms with Gasteiger partial charge < -0.3 is 14.2 Å². The van der Waals surface area contributed by atoms with Gasteiger partial charge >= 0.3 is 17.9 Å². The topological polar surface area (TPSA) is 78.9 Å². The summed E-state index contributed by atoms with van der Waals surface area (Å²) in [5.74, 6) is -0.860. The lowest BCUT2D eigenvalue weighted by Crippen LogP contribution is -2.30. The van der Waals surface area contributed by atoms with Gasteiger partial charge in [0.05, 0.1) is 0 Å². The van der Waals surface area contributed by atoms with E-state index >= 15 is 0 Å². The first-order valence-corrected chi connectivity index (χ1v) is 31.6. The van der Waals surface area contributed by atoms with Gasteiger partial charge in [-0.05, 0) is 83.5 Å². The van der Waals surface area contributed by atoms with Crippen LogP contribution in [0.15, 0.2) is 48.6 Å². The second-order valence-electron chi connectivity index (χ2n) is 21.3. The van der Waals surface area contributed by atoms with Crippen molar-refractivity contribution in [3.63, 3.8) is 0 Å². The van der Waals surface area contributed by atoms with Crippen LogP contribution in [0.2, 0.25) is 0 Å². The molecule has 0 aliphatic carbocycles. The van der Waals surface area contributed by atoms with E-state index in [2.05, 4.69) is 69.4 Å². The monoisotopic (exact) mass is 1010 g/mol. The molecule has 6 nitrogen and oxygen atoms in total. The highest BCUT2D eigenvalue weighted by Gasteiger charge is 2.19. The second-order valence-corrected chi connectivity index (χ2v) is 21.3. The van der Waals surface area contributed by atoms with Crippen molar-refractivity contribution in [2.24, 2.45) is 0 Å². The van der Waals surface area contributed by atoms with E-state index in [4.69, 9.17) is 14.2 Å². The molecule has 0 aliphatic rings. The van der Waals surface area contributed by atoms with E-state index < -0.39 is 6.10 Å². The molecule has 0 spiro atoms. The zero-order valence-corrected chi connectivity index (χ0v) is 48.2. The SMILES string of the molecule is CCCCC/C=C/C/C=C/CCCCCCCCCCCC(=O)OC[C@@H](COC(=O)CCCCCCCCCCCCCCCCCC)OC(=O)CCCCCCCCCCC/C=C/C/C=C/CCCCC. The summed E-state index contributed by atoms with van der Waals surface area (Å²) in [6.45, 7) is 6.64. The van der Waals surface area contributed by atoms with Gasteiger partial charge in [0.1, 0.15) is 13.2 Å². The van der Waals surface area contributed by atoms with Gasteiger partial charge in [0.2, 0.25) is 0 Å².